The molecule has 0 bridgehead atoms. The second-order valence-corrected chi connectivity index (χ2v) is 2.95. The van der Waals surface area contributed by atoms with Crippen molar-refractivity contribution in [3.8, 4) is 0 Å². The highest BCUT2D eigenvalue weighted by atomic mass is 16.5. The predicted molar refractivity (Wildman–Crippen MR) is 52.6 cm³/mol. The molecule has 0 unspecified atom stereocenters. The van der Waals surface area contributed by atoms with E-state index in [1.807, 2.05) is 0 Å². The first-order chi connectivity index (χ1) is 8.62. The van der Waals surface area contributed by atoms with E-state index in [9.17, 15) is 10.2 Å². The summed E-state index contributed by atoms with van der Waals surface area (Å²) in [7, 11) is -1.30. The summed E-state index contributed by atoms with van der Waals surface area (Å²) in [6.07, 6.45) is -4.96. The Morgan fingerprint density at radius 2 is 1.93 bits per heavy atom. The van der Waals surface area contributed by atoms with E-state index >= 15 is 0 Å². The highest BCUT2D eigenvalue weighted by Crippen LogP contribution is 2.11. The summed E-state index contributed by atoms with van der Waals surface area (Å²) < 4.78 is 35.0. The van der Waals surface area contributed by atoms with Crippen LogP contribution in [0.3, 0.4) is 0 Å². The Morgan fingerprint density at radius 1 is 1.20 bits per heavy atom. The highest BCUT2D eigenvalue weighted by molar-refractivity contribution is 4.82. The molecule has 0 spiro atoms. The molecular weight excluding hydrogens is 204 g/mol. The zero-order valence-corrected chi connectivity index (χ0v) is 8.41. The maximum absolute atomic E-state index is 9.81. The smallest absolute Gasteiger partial charge is 0.114 e. The maximum atomic E-state index is 9.81. The fraction of sp³-hybridized carbons (Fsp3) is 1.00. The van der Waals surface area contributed by atoms with Crippen molar-refractivity contribution < 1.29 is 33.6 Å². The third-order valence-corrected chi connectivity index (χ3v) is 1.97. The van der Waals surface area contributed by atoms with Gasteiger partial charge in [-0.15, -0.1) is 0 Å². The fourth-order valence-electron chi connectivity index (χ4n) is 1.12. The van der Waals surface area contributed by atoms with E-state index in [0.29, 0.717) is 0 Å². The monoisotopic (exact) mass is 227 g/mol. The summed E-state index contributed by atoms with van der Waals surface area (Å²) in [5.41, 5.74) is 0. The average molecular weight is 227 g/mol. The zero-order valence-electron chi connectivity index (χ0n) is 11.4. The molecule has 0 aromatic heterocycles. The Labute approximate surface area is 93.6 Å². The average Bonchev–Trinajstić information content (AvgIpc) is 2.39. The summed E-state index contributed by atoms with van der Waals surface area (Å²) in [6, 6.07) is 0. The number of hydrogen-bond donors (Lipinski definition) is 3. The van der Waals surface area contributed by atoms with Gasteiger partial charge < -0.3 is 29.5 Å². The summed E-state index contributed by atoms with van der Waals surface area (Å²) in [5.74, 6) is 0. The van der Waals surface area contributed by atoms with Crippen molar-refractivity contribution in [3.05, 3.63) is 0 Å². The van der Waals surface area contributed by atoms with Crippen LogP contribution in [0.15, 0.2) is 0 Å². The van der Waals surface area contributed by atoms with Crippen LogP contribution in [0.5, 0.6) is 0 Å². The third-order valence-electron chi connectivity index (χ3n) is 1.97. The van der Waals surface area contributed by atoms with E-state index in [1.165, 1.54) is 0 Å². The molecule has 4 atom stereocenters. The molecule has 0 radical (unpaired) electrons. The van der Waals surface area contributed by atoms with E-state index in [2.05, 4.69) is 4.74 Å². The van der Waals surface area contributed by atoms with E-state index in [0.717, 1.165) is 0 Å². The minimum atomic E-state index is -1.45. The summed E-state index contributed by atoms with van der Waals surface area (Å²) in [6.45, 7) is -0.797. The van der Waals surface area contributed by atoms with Gasteiger partial charge in [-0.2, -0.15) is 0 Å². The lowest BCUT2D eigenvalue weighted by Crippen LogP contribution is -2.49. The Hall–Kier alpha value is -0.240. The molecule has 0 amide bonds. The van der Waals surface area contributed by atoms with Crippen LogP contribution in [0, 0.1) is 0 Å². The molecule has 0 saturated heterocycles. The number of methoxy groups -OCH3 is 3. The van der Waals surface area contributed by atoms with Gasteiger partial charge in [-0.05, 0) is 0 Å². The molecule has 0 aliphatic rings. The predicted octanol–water partition coefficient (Wildman–Crippen LogP) is -1.62. The number of ether oxygens (including phenoxy) is 3. The molecule has 3 N–H and O–H groups in total. The van der Waals surface area contributed by atoms with Crippen LogP contribution >= 0.6 is 0 Å². The van der Waals surface area contributed by atoms with Crippen molar-refractivity contribution in [2.24, 2.45) is 0 Å². The fourth-order valence-corrected chi connectivity index (χ4v) is 1.12. The highest BCUT2D eigenvalue weighted by Gasteiger charge is 2.32. The van der Waals surface area contributed by atoms with E-state index in [1.54, 1.807) is 0 Å². The van der Waals surface area contributed by atoms with Crippen molar-refractivity contribution >= 4 is 0 Å². The molecule has 0 heterocycles. The minimum Gasteiger partial charge on any atom is -0.394 e. The Morgan fingerprint density at radius 3 is 2.47 bits per heavy atom. The second-order valence-electron chi connectivity index (χ2n) is 2.95. The molecule has 0 rings (SSSR count). The first kappa shape index (κ1) is 9.95. The summed E-state index contributed by atoms with van der Waals surface area (Å²) >= 11 is 0. The van der Waals surface area contributed by atoms with Gasteiger partial charge in [0.15, 0.2) is 0 Å². The van der Waals surface area contributed by atoms with Gasteiger partial charge in [-0.25, -0.2) is 0 Å². The first-order valence-corrected chi connectivity index (χ1v) is 4.28. The SMILES string of the molecule is [2H]COC[C@@H](O)[C@@H](O)[C@H](OC[2H])[C@H](CO)OC[2H]. The van der Waals surface area contributed by atoms with E-state index in [4.69, 9.17) is 18.7 Å². The molecule has 15 heavy (non-hydrogen) atoms. The second kappa shape index (κ2) is 7.98. The van der Waals surface area contributed by atoms with Gasteiger partial charge in [0, 0.05) is 21.3 Å². The van der Waals surface area contributed by atoms with E-state index < -0.39 is 45.2 Å². The van der Waals surface area contributed by atoms with Gasteiger partial charge in [0.2, 0.25) is 0 Å². The standard InChI is InChI=1S/C9H20O6/c1-13-5-6(11)8(12)9(15-3)7(4-10)14-2/h6-12H,4-5H2,1-3H3/t6-,7+,8-,9-/m1/s1/i1D,2D,3D. The van der Waals surface area contributed by atoms with Gasteiger partial charge in [-0.1, -0.05) is 0 Å². The van der Waals surface area contributed by atoms with Gasteiger partial charge in [0.05, 0.1) is 17.3 Å². The largest absolute Gasteiger partial charge is 0.394 e. The summed E-state index contributed by atoms with van der Waals surface area (Å²) in [5, 5.41) is 28.4. The topological polar surface area (TPSA) is 88.4 Å². The van der Waals surface area contributed by atoms with Crippen molar-refractivity contribution in [1.82, 2.24) is 0 Å². The zero-order chi connectivity index (χ0) is 14.0. The van der Waals surface area contributed by atoms with Gasteiger partial charge in [-0.3, -0.25) is 0 Å². The van der Waals surface area contributed by atoms with Crippen LogP contribution in [0.4, 0.5) is 0 Å². The Bertz CT molecular complexity index is 199. The van der Waals surface area contributed by atoms with Crippen molar-refractivity contribution in [2.45, 2.75) is 24.4 Å². The van der Waals surface area contributed by atoms with Crippen molar-refractivity contribution in [3.63, 3.8) is 0 Å². The van der Waals surface area contributed by atoms with Crippen LogP contribution in [0.1, 0.15) is 4.11 Å². The van der Waals surface area contributed by atoms with Crippen molar-refractivity contribution in [2.75, 3.05) is 34.5 Å². The molecule has 0 saturated carbocycles. The Balaban J connectivity index is 4.52. The van der Waals surface area contributed by atoms with Crippen LogP contribution < -0.4 is 0 Å². The minimum absolute atomic E-state index is 0.276. The molecule has 6 heteroatoms. The third kappa shape index (κ3) is 4.42. The lowest BCUT2D eigenvalue weighted by molar-refractivity contribution is -0.147. The number of hydrogen-bond acceptors (Lipinski definition) is 6. The number of aliphatic hydroxyl groups is 3. The lowest BCUT2D eigenvalue weighted by Gasteiger charge is -2.30. The number of aliphatic hydroxyl groups excluding tert-OH is 3. The normalized spacial score (nSPS) is 22.2. The maximum Gasteiger partial charge on any atom is 0.114 e. The van der Waals surface area contributed by atoms with Crippen LogP contribution in [0.2, 0.25) is 0 Å². The molecule has 0 aliphatic heterocycles. The van der Waals surface area contributed by atoms with Crippen LogP contribution in [-0.2, 0) is 14.2 Å². The Kier molecular flexibility index (Phi) is 5.29. The molecule has 0 aromatic rings. The molecule has 92 valence electrons. The quantitative estimate of drug-likeness (QED) is 0.462. The van der Waals surface area contributed by atoms with Gasteiger partial charge in [0.1, 0.15) is 24.4 Å². The summed E-state index contributed by atoms with van der Waals surface area (Å²) in [4.78, 5) is 0. The van der Waals surface area contributed by atoms with Gasteiger partial charge in [0.25, 0.3) is 0 Å². The molecule has 0 aliphatic carbocycles. The van der Waals surface area contributed by atoms with Gasteiger partial charge >= 0.3 is 0 Å². The van der Waals surface area contributed by atoms with Crippen LogP contribution in [0.25, 0.3) is 0 Å². The number of rotatable bonds is 8. The first-order valence-electron chi connectivity index (χ1n) is 6.40. The van der Waals surface area contributed by atoms with Crippen LogP contribution in [-0.4, -0.2) is 74.2 Å². The molecular formula is C9H20O6. The van der Waals surface area contributed by atoms with Crippen molar-refractivity contribution in [1.29, 1.82) is 0 Å². The van der Waals surface area contributed by atoms with E-state index in [-0.39, 0.29) is 13.7 Å². The lowest BCUT2D eigenvalue weighted by atomic mass is 10.0. The molecule has 0 fully saturated rings. The molecule has 6 nitrogen and oxygen atoms in total. The molecule has 0 aromatic carbocycles.